The van der Waals surface area contributed by atoms with E-state index >= 15 is 0 Å². The van der Waals surface area contributed by atoms with E-state index in [4.69, 9.17) is 13.9 Å². The van der Waals surface area contributed by atoms with Gasteiger partial charge in [-0.05, 0) is 39.0 Å². The van der Waals surface area contributed by atoms with Crippen molar-refractivity contribution in [2.24, 2.45) is 0 Å². The molecule has 0 saturated heterocycles. The minimum Gasteiger partial charge on any atom is -0.483 e. The van der Waals surface area contributed by atoms with E-state index in [-0.39, 0.29) is 24.2 Å². The second kappa shape index (κ2) is 6.59. The number of amides is 1. The lowest BCUT2D eigenvalue weighted by atomic mass is 10.0. The molecule has 3 rings (SSSR count). The van der Waals surface area contributed by atoms with E-state index in [0.717, 1.165) is 23.5 Å². The maximum Gasteiger partial charge on any atom is 0.258 e. The lowest BCUT2D eigenvalue weighted by Crippen LogP contribution is -2.37. The number of para-hydroxylation sites is 1. The molecule has 1 aromatic heterocycles. The summed E-state index contributed by atoms with van der Waals surface area (Å²) < 4.78 is 16.9. The summed E-state index contributed by atoms with van der Waals surface area (Å²) in [6.07, 6.45) is 3.12. The fraction of sp³-hybridized carbons (Fsp3) is 0.421. The van der Waals surface area contributed by atoms with Gasteiger partial charge in [-0.3, -0.25) is 4.79 Å². The van der Waals surface area contributed by atoms with E-state index in [1.807, 2.05) is 51.1 Å². The standard InChI is InChI=1S/C19H23NO4/c1-13(10-15-7-5-9-22-15)20-17(21)12-23-16-8-4-6-14-11-19(2,3)24-18(14)16/h4-9,13H,10-12H2,1-3H3,(H,20,21). The largest absolute Gasteiger partial charge is 0.483 e. The van der Waals surface area contributed by atoms with Crippen LogP contribution < -0.4 is 14.8 Å². The molecule has 1 aliphatic rings. The third kappa shape index (κ3) is 3.91. The number of nitrogens with one attached hydrogen (secondary N) is 1. The lowest BCUT2D eigenvalue weighted by molar-refractivity contribution is -0.123. The Morgan fingerprint density at radius 1 is 1.33 bits per heavy atom. The van der Waals surface area contributed by atoms with E-state index in [2.05, 4.69) is 5.32 Å². The first kappa shape index (κ1) is 16.4. The number of hydrogen-bond acceptors (Lipinski definition) is 4. The summed E-state index contributed by atoms with van der Waals surface area (Å²) in [5.74, 6) is 2.05. The van der Waals surface area contributed by atoms with Gasteiger partial charge in [0, 0.05) is 24.4 Å². The van der Waals surface area contributed by atoms with Gasteiger partial charge in [-0.15, -0.1) is 0 Å². The first-order valence-electron chi connectivity index (χ1n) is 8.18. The van der Waals surface area contributed by atoms with E-state index < -0.39 is 0 Å². The van der Waals surface area contributed by atoms with Crippen molar-refractivity contribution < 1.29 is 18.7 Å². The second-order valence-electron chi connectivity index (χ2n) is 6.82. The maximum absolute atomic E-state index is 12.1. The molecule has 0 aliphatic carbocycles. The molecular weight excluding hydrogens is 306 g/mol. The van der Waals surface area contributed by atoms with Crippen LogP contribution in [0.5, 0.6) is 11.5 Å². The van der Waals surface area contributed by atoms with E-state index in [1.165, 1.54) is 0 Å². The van der Waals surface area contributed by atoms with Crippen LogP contribution in [0.3, 0.4) is 0 Å². The van der Waals surface area contributed by atoms with Crippen LogP contribution in [0.15, 0.2) is 41.0 Å². The van der Waals surface area contributed by atoms with Crippen molar-refractivity contribution in [2.75, 3.05) is 6.61 Å². The summed E-state index contributed by atoms with van der Waals surface area (Å²) >= 11 is 0. The zero-order chi connectivity index (χ0) is 17.2. The van der Waals surface area contributed by atoms with Crippen LogP contribution in [0.2, 0.25) is 0 Å². The highest BCUT2D eigenvalue weighted by Gasteiger charge is 2.32. The van der Waals surface area contributed by atoms with Gasteiger partial charge in [0.25, 0.3) is 5.91 Å². The van der Waals surface area contributed by atoms with Gasteiger partial charge >= 0.3 is 0 Å². The van der Waals surface area contributed by atoms with Gasteiger partial charge in [0.15, 0.2) is 18.1 Å². The second-order valence-corrected chi connectivity index (χ2v) is 6.82. The average Bonchev–Trinajstić information content (AvgIpc) is 3.10. The summed E-state index contributed by atoms with van der Waals surface area (Å²) in [7, 11) is 0. The molecule has 1 unspecified atom stereocenters. The van der Waals surface area contributed by atoms with Crippen molar-refractivity contribution in [3.63, 3.8) is 0 Å². The molecule has 1 N–H and O–H groups in total. The zero-order valence-corrected chi connectivity index (χ0v) is 14.3. The molecule has 1 aliphatic heterocycles. The van der Waals surface area contributed by atoms with Gasteiger partial charge in [-0.2, -0.15) is 0 Å². The number of carbonyl (C=O) groups is 1. The fourth-order valence-electron chi connectivity index (χ4n) is 2.94. The van der Waals surface area contributed by atoms with Crippen LogP contribution in [-0.2, 0) is 17.6 Å². The molecule has 0 spiro atoms. The number of rotatable bonds is 6. The molecule has 2 heterocycles. The molecule has 1 aromatic carbocycles. The molecule has 0 saturated carbocycles. The number of furan rings is 1. The lowest BCUT2D eigenvalue weighted by Gasteiger charge is -2.18. The van der Waals surface area contributed by atoms with Crippen LogP contribution >= 0.6 is 0 Å². The maximum atomic E-state index is 12.1. The molecular formula is C19H23NO4. The van der Waals surface area contributed by atoms with Gasteiger partial charge in [-0.1, -0.05) is 12.1 Å². The average molecular weight is 329 g/mol. The molecule has 128 valence electrons. The Hall–Kier alpha value is -2.43. The van der Waals surface area contributed by atoms with Crippen molar-refractivity contribution >= 4 is 5.91 Å². The molecule has 5 heteroatoms. The van der Waals surface area contributed by atoms with Gasteiger partial charge in [0.05, 0.1) is 6.26 Å². The summed E-state index contributed by atoms with van der Waals surface area (Å²) in [6, 6.07) is 9.50. The van der Waals surface area contributed by atoms with Gasteiger partial charge in [0.2, 0.25) is 0 Å². The highest BCUT2D eigenvalue weighted by atomic mass is 16.5. The Bertz CT molecular complexity index is 706. The molecule has 1 amide bonds. The van der Waals surface area contributed by atoms with E-state index in [0.29, 0.717) is 12.2 Å². The third-order valence-corrected chi connectivity index (χ3v) is 3.91. The summed E-state index contributed by atoms with van der Waals surface area (Å²) in [5, 5.41) is 2.91. The summed E-state index contributed by atoms with van der Waals surface area (Å²) in [4.78, 5) is 12.1. The van der Waals surface area contributed by atoms with Gasteiger partial charge in [-0.25, -0.2) is 0 Å². The molecule has 0 radical (unpaired) electrons. The molecule has 5 nitrogen and oxygen atoms in total. The van der Waals surface area contributed by atoms with Gasteiger partial charge < -0.3 is 19.2 Å². The van der Waals surface area contributed by atoms with E-state index in [9.17, 15) is 4.79 Å². The topological polar surface area (TPSA) is 60.7 Å². The van der Waals surface area contributed by atoms with Crippen molar-refractivity contribution in [3.8, 4) is 11.5 Å². The quantitative estimate of drug-likeness (QED) is 0.884. The van der Waals surface area contributed by atoms with Crippen LogP contribution in [-0.4, -0.2) is 24.2 Å². The zero-order valence-electron chi connectivity index (χ0n) is 14.3. The number of hydrogen-bond donors (Lipinski definition) is 1. The van der Waals surface area contributed by atoms with Crippen molar-refractivity contribution in [3.05, 3.63) is 47.9 Å². The number of ether oxygens (including phenoxy) is 2. The smallest absolute Gasteiger partial charge is 0.258 e. The monoisotopic (exact) mass is 329 g/mol. The highest BCUT2D eigenvalue weighted by Crippen LogP contribution is 2.41. The molecule has 24 heavy (non-hydrogen) atoms. The van der Waals surface area contributed by atoms with Crippen LogP contribution in [0, 0.1) is 0 Å². The predicted molar refractivity (Wildman–Crippen MR) is 90.4 cm³/mol. The molecule has 0 bridgehead atoms. The number of benzene rings is 1. The normalized spacial score (nSPS) is 16.1. The third-order valence-electron chi connectivity index (χ3n) is 3.91. The number of fused-ring (bicyclic) bond motifs is 1. The van der Waals surface area contributed by atoms with Gasteiger partial charge in [0.1, 0.15) is 11.4 Å². The highest BCUT2D eigenvalue weighted by molar-refractivity contribution is 5.78. The van der Waals surface area contributed by atoms with Crippen LogP contribution in [0.25, 0.3) is 0 Å². The molecule has 1 atom stereocenters. The van der Waals surface area contributed by atoms with Crippen molar-refractivity contribution in [2.45, 2.75) is 45.3 Å². The first-order valence-corrected chi connectivity index (χ1v) is 8.18. The SMILES string of the molecule is CC(Cc1ccco1)NC(=O)COc1cccc2c1OC(C)(C)C2. The van der Waals surface area contributed by atoms with Crippen molar-refractivity contribution in [1.82, 2.24) is 5.32 Å². The Morgan fingerprint density at radius 2 is 2.17 bits per heavy atom. The number of carbonyl (C=O) groups excluding carboxylic acids is 1. The minimum atomic E-state index is -0.235. The summed E-state index contributed by atoms with van der Waals surface area (Å²) in [6.45, 7) is 5.98. The molecule has 0 fully saturated rings. The Balaban J connectivity index is 1.53. The van der Waals surface area contributed by atoms with Crippen LogP contribution in [0.4, 0.5) is 0 Å². The Labute approximate surface area is 141 Å². The van der Waals surface area contributed by atoms with Crippen molar-refractivity contribution in [1.29, 1.82) is 0 Å². The minimum absolute atomic E-state index is 0.0241. The van der Waals surface area contributed by atoms with E-state index in [1.54, 1.807) is 6.26 Å². The predicted octanol–water partition coefficient (Wildman–Crippen LogP) is 3.12. The fourth-order valence-corrected chi connectivity index (χ4v) is 2.94. The Morgan fingerprint density at radius 3 is 2.92 bits per heavy atom. The van der Waals surface area contributed by atoms with Crippen LogP contribution in [0.1, 0.15) is 32.1 Å². The first-order chi connectivity index (χ1) is 11.4. The summed E-state index contributed by atoms with van der Waals surface area (Å²) in [5.41, 5.74) is 0.880. The Kier molecular flexibility index (Phi) is 4.51. The molecule has 2 aromatic rings.